The molecule has 0 unspecified atom stereocenters. The molecule has 2 atom stereocenters. The number of rotatable bonds is 4. The molecule has 1 amide bonds. The van der Waals surface area contributed by atoms with Gasteiger partial charge in [-0.05, 0) is 25.0 Å². The van der Waals surface area contributed by atoms with Crippen molar-refractivity contribution in [2.75, 3.05) is 5.32 Å². The molecule has 1 aliphatic carbocycles. The molecule has 1 aromatic carbocycles. The summed E-state index contributed by atoms with van der Waals surface area (Å²) in [5.74, 6) is -3.80. The fraction of sp³-hybridized carbons (Fsp3) is 0.308. The summed E-state index contributed by atoms with van der Waals surface area (Å²) in [6, 6.07) is 4.67. The molecule has 0 radical (unpaired) electrons. The summed E-state index contributed by atoms with van der Waals surface area (Å²) in [7, 11) is 0. The van der Waals surface area contributed by atoms with E-state index >= 15 is 0 Å². The van der Waals surface area contributed by atoms with Gasteiger partial charge in [0.1, 0.15) is 0 Å². The van der Waals surface area contributed by atoms with Crippen LogP contribution < -0.4 is 5.32 Å². The minimum absolute atomic E-state index is 0.000810. The van der Waals surface area contributed by atoms with Crippen LogP contribution in [-0.2, 0) is 9.59 Å². The predicted molar refractivity (Wildman–Crippen MR) is 66.0 cm³/mol. The van der Waals surface area contributed by atoms with Crippen molar-refractivity contribution < 1.29 is 24.6 Å². The summed E-state index contributed by atoms with van der Waals surface area (Å²) in [6.45, 7) is 1.68. The number of benzene rings is 1. The Bertz CT molecular complexity index is 566. The lowest BCUT2D eigenvalue weighted by atomic mass is 10.1. The van der Waals surface area contributed by atoms with E-state index in [1.165, 1.54) is 6.07 Å². The average Bonchev–Trinajstić information content (AvgIpc) is 3.11. The molecule has 0 aliphatic heterocycles. The molecule has 0 spiro atoms. The van der Waals surface area contributed by atoms with Crippen LogP contribution in [0, 0.1) is 18.8 Å². The van der Waals surface area contributed by atoms with Gasteiger partial charge in [0.2, 0.25) is 5.91 Å². The Morgan fingerprint density at radius 1 is 1.21 bits per heavy atom. The van der Waals surface area contributed by atoms with Crippen LogP contribution in [0.2, 0.25) is 0 Å². The Hall–Kier alpha value is -2.37. The summed E-state index contributed by atoms with van der Waals surface area (Å²) < 4.78 is 0. The fourth-order valence-corrected chi connectivity index (χ4v) is 1.99. The van der Waals surface area contributed by atoms with E-state index < -0.39 is 29.7 Å². The van der Waals surface area contributed by atoms with Gasteiger partial charge in [-0.25, -0.2) is 4.79 Å². The molecule has 6 nitrogen and oxygen atoms in total. The van der Waals surface area contributed by atoms with Crippen molar-refractivity contribution in [1.29, 1.82) is 0 Å². The zero-order valence-electron chi connectivity index (χ0n) is 10.2. The number of nitrogens with one attached hydrogen (secondary N) is 1. The lowest BCUT2D eigenvalue weighted by Gasteiger charge is -2.11. The number of carboxylic acid groups (broad SMARTS) is 2. The first-order chi connectivity index (χ1) is 8.91. The number of aryl methyl sites for hydroxylation is 1. The summed E-state index contributed by atoms with van der Waals surface area (Å²) >= 11 is 0. The van der Waals surface area contributed by atoms with E-state index in [4.69, 9.17) is 10.2 Å². The van der Waals surface area contributed by atoms with Crippen molar-refractivity contribution in [1.82, 2.24) is 0 Å². The molecule has 3 N–H and O–H groups in total. The zero-order valence-corrected chi connectivity index (χ0v) is 10.2. The van der Waals surface area contributed by atoms with Crippen LogP contribution in [-0.4, -0.2) is 28.1 Å². The number of carbonyl (C=O) groups excluding carboxylic acids is 1. The molecule has 1 aromatic rings. The van der Waals surface area contributed by atoms with E-state index in [1.54, 1.807) is 19.1 Å². The monoisotopic (exact) mass is 263 g/mol. The van der Waals surface area contributed by atoms with Crippen molar-refractivity contribution >= 4 is 23.5 Å². The molecular weight excluding hydrogens is 250 g/mol. The van der Waals surface area contributed by atoms with Gasteiger partial charge in [0, 0.05) is 0 Å². The van der Waals surface area contributed by atoms with Crippen molar-refractivity contribution in [3.63, 3.8) is 0 Å². The van der Waals surface area contributed by atoms with Crippen molar-refractivity contribution in [2.45, 2.75) is 13.3 Å². The largest absolute Gasteiger partial charge is 0.481 e. The number of aliphatic carboxylic acids is 1. The van der Waals surface area contributed by atoms with Gasteiger partial charge in [0.15, 0.2) is 0 Å². The maximum absolute atomic E-state index is 11.8. The van der Waals surface area contributed by atoms with E-state index in [9.17, 15) is 14.4 Å². The normalized spacial score (nSPS) is 20.7. The van der Waals surface area contributed by atoms with Crippen LogP contribution in [0.15, 0.2) is 18.2 Å². The van der Waals surface area contributed by atoms with E-state index in [0.29, 0.717) is 12.0 Å². The first-order valence-electron chi connectivity index (χ1n) is 5.78. The maximum atomic E-state index is 11.8. The fourth-order valence-electron chi connectivity index (χ4n) is 1.99. The highest BCUT2D eigenvalue weighted by molar-refractivity contribution is 6.04. The van der Waals surface area contributed by atoms with Crippen LogP contribution in [0.1, 0.15) is 22.3 Å². The van der Waals surface area contributed by atoms with Crippen LogP contribution in [0.5, 0.6) is 0 Å². The summed E-state index contributed by atoms with van der Waals surface area (Å²) in [5, 5.41) is 20.3. The molecule has 6 heteroatoms. The lowest BCUT2D eigenvalue weighted by molar-refractivity contribution is -0.139. The molecule has 0 heterocycles. The van der Waals surface area contributed by atoms with Gasteiger partial charge in [-0.1, -0.05) is 12.1 Å². The van der Waals surface area contributed by atoms with Gasteiger partial charge in [0.25, 0.3) is 0 Å². The Morgan fingerprint density at radius 2 is 1.89 bits per heavy atom. The quantitative estimate of drug-likeness (QED) is 0.760. The van der Waals surface area contributed by atoms with Gasteiger partial charge >= 0.3 is 11.9 Å². The number of carboxylic acids is 2. The van der Waals surface area contributed by atoms with E-state index in [-0.39, 0.29) is 11.3 Å². The second-order valence-electron chi connectivity index (χ2n) is 4.58. The van der Waals surface area contributed by atoms with Crippen LogP contribution in [0.25, 0.3) is 0 Å². The molecule has 0 saturated heterocycles. The first kappa shape index (κ1) is 13.1. The maximum Gasteiger partial charge on any atom is 0.337 e. The van der Waals surface area contributed by atoms with Gasteiger partial charge in [-0.3, -0.25) is 9.59 Å². The number of aromatic carboxylic acids is 1. The van der Waals surface area contributed by atoms with Crippen LogP contribution in [0.4, 0.5) is 5.69 Å². The predicted octanol–water partition coefficient (Wildman–Crippen LogP) is 1.35. The van der Waals surface area contributed by atoms with Gasteiger partial charge < -0.3 is 15.5 Å². The second-order valence-corrected chi connectivity index (χ2v) is 4.58. The van der Waals surface area contributed by atoms with Gasteiger partial charge in [-0.15, -0.1) is 0 Å². The van der Waals surface area contributed by atoms with Crippen LogP contribution in [0.3, 0.4) is 0 Å². The lowest BCUT2D eigenvalue weighted by Crippen LogP contribution is -2.19. The Morgan fingerprint density at radius 3 is 2.42 bits per heavy atom. The van der Waals surface area contributed by atoms with Crippen molar-refractivity contribution in [2.24, 2.45) is 11.8 Å². The number of carbonyl (C=O) groups is 3. The summed E-state index contributed by atoms with van der Waals surface area (Å²) in [5.41, 5.74) is 0.859. The summed E-state index contributed by atoms with van der Waals surface area (Å²) in [6.07, 6.45) is 0.301. The summed E-state index contributed by atoms with van der Waals surface area (Å²) in [4.78, 5) is 33.6. The molecule has 0 aromatic heterocycles. The Labute approximate surface area is 109 Å². The van der Waals surface area contributed by atoms with Gasteiger partial charge in [0.05, 0.1) is 23.1 Å². The molecule has 0 bridgehead atoms. The third kappa shape index (κ3) is 2.57. The highest BCUT2D eigenvalue weighted by Gasteiger charge is 2.48. The molecule has 100 valence electrons. The third-order valence-corrected chi connectivity index (χ3v) is 3.20. The molecule has 2 rings (SSSR count). The third-order valence-electron chi connectivity index (χ3n) is 3.20. The van der Waals surface area contributed by atoms with Crippen LogP contribution >= 0.6 is 0 Å². The topological polar surface area (TPSA) is 104 Å². The molecule has 19 heavy (non-hydrogen) atoms. The molecule has 1 aliphatic rings. The average molecular weight is 263 g/mol. The second kappa shape index (κ2) is 4.72. The van der Waals surface area contributed by atoms with E-state index in [2.05, 4.69) is 5.32 Å². The smallest absolute Gasteiger partial charge is 0.337 e. The zero-order chi connectivity index (χ0) is 14.2. The Balaban J connectivity index is 2.18. The number of amides is 1. The van der Waals surface area contributed by atoms with Crippen molar-refractivity contribution in [3.05, 3.63) is 29.3 Å². The van der Waals surface area contributed by atoms with E-state index in [0.717, 1.165) is 0 Å². The molecular formula is C13H13NO5. The molecule has 1 saturated carbocycles. The number of hydrogen-bond acceptors (Lipinski definition) is 3. The standard InChI is InChI=1S/C13H13NO5/c1-6-3-2-4-7(12(16)17)10(6)14-11(15)8-5-9(8)13(18)19/h2-4,8-9H,5H2,1H3,(H,14,15)(H,16,17)(H,18,19)/t8-,9-/m1/s1. The minimum Gasteiger partial charge on any atom is -0.481 e. The highest BCUT2D eigenvalue weighted by atomic mass is 16.4. The van der Waals surface area contributed by atoms with Crippen molar-refractivity contribution in [3.8, 4) is 0 Å². The number of para-hydroxylation sites is 1. The first-order valence-corrected chi connectivity index (χ1v) is 5.78. The SMILES string of the molecule is Cc1cccc(C(=O)O)c1NC(=O)[C@@H]1C[C@H]1C(=O)O. The minimum atomic E-state index is -1.13. The highest BCUT2D eigenvalue weighted by Crippen LogP contribution is 2.39. The van der Waals surface area contributed by atoms with E-state index in [1.807, 2.05) is 0 Å². The van der Waals surface area contributed by atoms with Gasteiger partial charge in [-0.2, -0.15) is 0 Å². The Kier molecular flexibility index (Phi) is 3.25. The number of hydrogen-bond donors (Lipinski definition) is 3. The number of anilines is 1. The molecule has 1 fully saturated rings.